The molecule has 37 heavy (non-hydrogen) atoms. The zero-order chi connectivity index (χ0) is 26.6. The van der Waals surface area contributed by atoms with Crippen LogP contribution in [-0.4, -0.2) is 37.3 Å². The number of anilines is 1. The van der Waals surface area contributed by atoms with Gasteiger partial charge in [-0.15, -0.1) is 21.5 Å². The first-order valence-electron chi connectivity index (χ1n) is 10.9. The summed E-state index contributed by atoms with van der Waals surface area (Å²) in [7, 11) is 0. The molecule has 0 aliphatic heterocycles. The summed E-state index contributed by atoms with van der Waals surface area (Å²) in [5.41, 5.74) is 1.14. The number of thiazole rings is 1. The Balaban J connectivity index is 1.58. The van der Waals surface area contributed by atoms with Crippen molar-refractivity contribution in [2.45, 2.75) is 31.7 Å². The van der Waals surface area contributed by atoms with Gasteiger partial charge in [0, 0.05) is 11.6 Å². The summed E-state index contributed by atoms with van der Waals surface area (Å²) in [6.45, 7) is 3.67. The van der Waals surface area contributed by atoms with Gasteiger partial charge in [0.1, 0.15) is 0 Å². The number of carbonyl (C=O) groups excluding carboxylic acids is 2. The Bertz CT molecular complexity index is 1420. The van der Waals surface area contributed by atoms with Gasteiger partial charge in [-0.25, -0.2) is 4.98 Å². The minimum Gasteiger partial charge on any atom is -0.345 e. The van der Waals surface area contributed by atoms with E-state index in [1.807, 2.05) is 32.0 Å². The first-order valence-corrected chi connectivity index (χ1v) is 12.8. The summed E-state index contributed by atoms with van der Waals surface area (Å²) in [6, 6.07) is 10.2. The molecule has 2 amide bonds. The van der Waals surface area contributed by atoms with E-state index in [0.717, 1.165) is 40.7 Å². The highest BCUT2D eigenvalue weighted by Crippen LogP contribution is 2.32. The van der Waals surface area contributed by atoms with Crippen LogP contribution in [0.4, 0.5) is 18.3 Å². The summed E-state index contributed by atoms with van der Waals surface area (Å²) in [4.78, 5) is 29.1. The Labute approximate surface area is 218 Å². The molecule has 0 saturated heterocycles. The smallest absolute Gasteiger partial charge is 0.345 e. The third-order valence-corrected chi connectivity index (χ3v) is 7.03. The Kier molecular flexibility index (Phi) is 7.93. The Morgan fingerprint density at radius 1 is 1.08 bits per heavy atom. The van der Waals surface area contributed by atoms with Crippen LogP contribution < -0.4 is 10.6 Å². The van der Waals surface area contributed by atoms with Gasteiger partial charge >= 0.3 is 6.18 Å². The molecule has 8 nitrogen and oxygen atoms in total. The van der Waals surface area contributed by atoms with E-state index >= 15 is 0 Å². The van der Waals surface area contributed by atoms with Crippen LogP contribution in [0.2, 0.25) is 0 Å². The van der Waals surface area contributed by atoms with Gasteiger partial charge in [-0.3, -0.25) is 14.2 Å². The molecular weight excluding hydrogens is 525 g/mol. The first-order chi connectivity index (χ1) is 17.6. The summed E-state index contributed by atoms with van der Waals surface area (Å²) in [6.07, 6.45) is -3.09. The number of aromatic nitrogens is 4. The fourth-order valence-electron chi connectivity index (χ4n) is 3.48. The molecule has 0 saturated carbocycles. The van der Waals surface area contributed by atoms with Gasteiger partial charge in [-0.05, 0) is 43.2 Å². The van der Waals surface area contributed by atoms with Gasteiger partial charge in [-0.2, -0.15) is 13.2 Å². The molecule has 0 spiro atoms. The second kappa shape index (κ2) is 11.1. The van der Waals surface area contributed by atoms with Crippen molar-refractivity contribution in [3.05, 3.63) is 82.1 Å². The number of alkyl halides is 3. The molecule has 192 valence electrons. The van der Waals surface area contributed by atoms with Crippen molar-refractivity contribution < 1.29 is 22.8 Å². The largest absolute Gasteiger partial charge is 0.417 e. The molecule has 0 aliphatic carbocycles. The number of carbonyl (C=O) groups is 2. The maximum Gasteiger partial charge on any atom is 0.417 e. The third kappa shape index (κ3) is 6.17. The molecule has 0 bridgehead atoms. The number of rotatable bonds is 8. The van der Waals surface area contributed by atoms with Crippen LogP contribution in [-0.2, 0) is 17.5 Å². The van der Waals surface area contributed by atoms with Crippen LogP contribution in [0, 0.1) is 13.8 Å². The van der Waals surface area contributed by atoms with Crippen LogP contribution in [0.3, 0.4) is 0 Å². The van der Waals surface area contributed by atoms with Gasteiger partial charge in [0.2, 0.25) is 5.91 Å². The molecule has 2 aromatic carbocycles. The van der Waals surface area contributed by atoms with Crippen molar-refractivity contribution in [2.75, 3.05) is 11.1 Å². The molecule has 0 aliphatic rings. The maximum absolute atomic E-state index is 13.4. The SMILES string of the molecule is Cc1cccc(-n2c(CNC(=O)c3ccccc3C(F)(F)F)nnc2SCC(=O)Nc2nccs2)c1C. The molecule has 0 radical (unpaired) electrons. The van der Waals surface area contributed by atoms with Crippen molar-refractivity contribution in [3.63, 3.8) is 0 Å². The fourth-order valence-corrected chi connectivity index (χ4v) is 4.79. The molecule has 2 N–H and O–H groups in total. The topological polar surface area (TPSA) is 102 Å². The minimum absolute atomic E-state index is 0.0217. The van der Waals surface area contributed by atoms with Gasteiger partial charge < -0.3 is 10.6 Å². The number of aryl methyl sites for hydroxylation is 1. The van der Waals surface area contributed by atoms with Crippen molar-refractivity contribution in [1.29, 1.82) is 0 Å². The molecular formula is C24H21F3N6O2S2. The molecule has 4 aromatic rings. The van der Waals surface area contributed by atoms with E-state index in [0.29, 0.717) is 16.1 Å². The Morgan fingerprint density at radius 2 is 1.86 bits per heavy atom. The molecule has 2 aromatic heterocycles. The second-order valence-electron chi connectivity index (χ2n) is 7.85. The molecule has 2 heterocycles. The summed E-state index contributed by atoms with van der Waals surface area (Å²) >= 11 is 2.43. The number of hydrogen-bond donors (Lipinski definition) is 2. The van der Waals surface area contributed by atoms with Gasteiger partial charge in [-0.1, -0.05) is 36.0 Å². The number of amides is 2. The lowest BCUT2D eigenvalue weighted by atomic mass is 10.1. The molecule has 0 unspecified atom stereocenters. The summed E-state index contributed by atoms with van der Waals surface area (Å²) < 4.78 is 41.8. The van der Waals surface area contributed by atoms with Crippen molar-refractivity contribution in [2.24, 2.45) is 0 Å². The second-order valence-corrected chi connectivity index (χ2v) is 9.69. The molecule has 13 heteroatoms. The molecule has 0 fully saturated rings. The maximum atomic E-state index is 13.4. The van der Waals surface area contributed by atoms with Gasteiger partial charge in [0.15, 0.2) is 16.1 Å². The van der Waals surface area contributed by atoms with Crippen molar-refractivity contribution in [1.82, 2.24) is 25.1 Å². The van der Waals surface area contributed by atoms with Gasteiger partial charge in [0.05, 0.1) is 29.1 Å². The van der Waals surface area contributed by atoms with E-state index in [-0.39, 0.29) is 18.2 Å². The van der Waals surface area contributed by atoms with E-state index in [9.17, 15) is 22.8 Å². The summed E-state index contributed by atoms with van der Waals surface area (Å²) in [5, 5.41) is 16.2. The van der Waals surface area contributed by atoms with Crippen molar-refractivity contribution in [3.8, 4) is 5.69 Å². The number of nitrogens with zero attached hydrogens (tertiary/aromatic N) is 4. The van der Waals surface area contributed by atoms with Crippen molar-refractivity contribution >= 4 is 40.0 Å². The standard InChI is InChI=1S/C24H21F3N6O2S2/c1-14-6-5-9-18(15(14)2)33-19(12-29-21(35)16-7-3-4-8-17(16)24(25,26)27)31-32-23(33)37-13-20(34)30-22-28-10-11-36-22/h3-11H,12-13H2,1-2H3,(H,29,35)(H,28,30,34). The first kappa shape index (κ1) is 26.4. The molecule has 0 atom stereocenters. The quantitative estimate of drug-likeness (QED) is 0.301. The zero-order valence-electron chi connectivity index (χ0n) is 19.7. The van der Waals surface area contributed by atoms with E-state index in [4.69, 9.17) is 0 Å². The Hall–Kier alpha value is -3.71. The lowest BCUT2D eigenvalue weighted by Gasteiger charge is -2.15. The van der Waals surface area contributed by atoms with E-state index in [2.05, 4.69) is 25.8 Å². The van der Waals surface area contributed by atoms with E-state index in [1.165, 1.54) is 23.5 Å². The normalized spacial score (nSPS) is 11.4. The van der Waals surface area contributed by atoms with Crippen LogP contribution in [0.15, 0.2) is 59.2 Å². The average Bonchev–Trinajstić information content (AvgIpc) is 3.52. The predicted molar refractivity (Wildman–Crippen MR) is 135 cm³/mol. The van der Waals surface area contributed by atoms with Crippen LogP contribution in [0.5, 0.6) is 0 Å². The highest BCUT2D eigenvalue weighted by atomic mass is 32.2. The summed E-state index contributed by atoms with van der Waals surface area (Å²) in [5.74, 6) is -0.850. The minimum atomic E-state index is -4.67. The average molecular weight is 547 g/mol. The highest BCUT2D eigenvalue weighted by molar-refractivity contribution is 7.99. The monoisotopic (exact) mass is 546 g/mol. The van der Waals surface area contributed by atoms with E-state index < -0.39 is 23.2 Å². The highest BCUT2D eigenvalue weighted by Gasteiger charge is 2.34. The zero-order valence-corrected chi connectivity index (χ0v) is 21.3. The number of nitrogens with one attached hydrogen (secondary N) is 2. The number of benzene rings is 2. The van der Waals surface area contributed by atoms with Gasteiger partial charge in [0.25, 0.3) is 5.91 Å². The van der Waals surface area contributed by atoms with Crippen LogP contribution in [0.1, 0.15) is 32.9 Å². The van der Waals surface area contributed by atoms with Crippen LogP contribution >= 0.6 is 23.1 Å². The number of hydrogen-bond acceptors (Lipinski definition) is 7. The lowest BCUT2D eigenvalue weighted by molar-refractivity contribution is -0.138. The third-order valence-electron chi connectivity index (χ3n) is 5.41. The number of halogens is 3. The van der Waals surface area contributed by atoms with Crippen LogP contribution in [0.25, 0.3) is 5.69 Å². The van der Waals surface area contributed by atoms with E-state index in [1.54, 1.807) is 16.1 Å². The lowest BCUT2D eigenvalue weighted by Crippen LogP contribution is -2.27. The Morgan fingerprint density at radius 3 is 2.59 bits per heavy atom. The molecule has 4 rings (SSSR count). The predicted octanol–water partition coefficient (Wildman–Crippen LogP) is 5.02. The fraction of sp³-hybridized carbons (Fsp3) is 0.208. The number of thioether (sulfide) groups is 1.